The Morgan fingerprint density at radius 1 is 1.29 bits per heavy atom. The molecule has 0 aliphatic carbocycles. The number of halogens is 3. The van der Waals surface area contributed by atoms with Crippen molar-refractivity contribution in [2.24, 2.45) is 0 Å². The van der Waals surface area contributed by atoms with Gasteiger partial charge in [0.1, 0.15) is 11.5 Å². The third-order valence-electron chi connectivity index (χ3n) is 2.13. The van der Waals surface area contributed by atoms with Gasteiger partial charge >= 0.3 is 0 Å². The highest BCUT2D eigenvalue weighted by Gasteiger charge is 2.15. The zero-order valence-electron chi connectivity index (χ0n) is 8.45. The van der Waals surface area contributed by atoms with Gasteiger partial charge in [0, 0.05) is 10.7 Å². The molecule has 1 aromatic heterocycles. The van der Waals surface area contributed by atoms with E-state index in [4.69, 9.17) is 11.6 Å². The summed E-state index contributed by atoms with van der Waals surface area (Å²) in [7, 11) is 0. The summed E-state index contributed by atoms with van der Waals surface area (Å²) >= 11 is 8.85. The first-order valence-corrected chi connectivity index (χ1v) is 5.86. The predicted molar refractivity (Wildman–Crippen MR) is 66.8 cm³/mol. The zero-order chi connectivity index (χ0) is 12.4. The maximum Gasteiger partial charge on any atom is 0.214 e. The van der Waals surface area contributed by atoms with E-state index in [-0.39, 0.29) is 11.3 Å². The number of ketones is 1. The van der Waals surface area contributed by atoms with Crippen LogP contribution >= 0.6 is 27.5 Å². The lowest BCUT2D eigenvalue weighted by Crippen LogP contribution is -2.06. The van der Waals surface area contributed by atoms with Crippen molar-refractivity contribution in [2.75, 3.05) is 0 Å². The Labute approximate surface area is 111 Å². The van der Waals surface area contributed by atoms with E-state index >= 15 is 0 Å². The number of hydrogen-bond acceptors (Lipinski definition) is 2. The van der Waals surface area contributed by atoms with Crippen LogP contribution in [0.3, 0.4) is 0 Å². The van der Waals surface area contributed by atoms with Crippen molar-refractivity contribution in [3.05, 3.63) is 63.1 Å². The average Bonchev–Trinajstić information content (AvgIpc) is 2.32. The van der Waals surface area contributed by atoms with Gasteiger partial charge in [-0.3, -0.25) is 9.78 Å². The molecule has 0 aliphatic heterocycles. The Morgan fingerprint density at radius 3 is 2.71 bits per heavy atom. The molecule has 0 atom stereocenters. The lowest BCUT2D eigenvalue weighted by atomic mass is 10.1. The molecule has 2 aromatic rings. The lowest BCUT2D eigenvalue weighted by molar-refractivity contribution is 0.103. The number of carbonyl (C=O) groups is 1. The van der Waals surface area contributed by atoms with E-state index in [0.717, 1.165) is 0 Å². The number of rotatable bonds is 2. The summed E-state index contributed by atoms with van der Waals surface area (Å²) in [6, 6.07) is 7.19. The monoisotopic (exact) mass is 313 g/mol. The van der Waals surface area contributed by atoms with E-state index in [0.29, 0.717) is 9.50 Å². The van der Waals surface area contributed by atoms with Crippen molar-refractivity contribution in [3.63, 3.8) is 0 Å². The topological polar surface area (TPSA) is 30.0 Å². The van der Waals surface area contributed by atoms with E-state index < -0.39 is 11.6 Å². The Balaban J connectivity index is 2.43. The van der Waals surface area contributed by atoms with Crippen LogP contribution in [-0.4, -0.2) is 10.8 Å². The van der Waals surface area contributed by atoms with E-state index in [2.05, 4.69) is 20.9 Å². The minimum atomic E-state index is -0.574. The Hall–Kier alpha value is -1.26. The van der Waals surface area contributed by atoms with Gasteiger partial charge in [-0.2, -0.15) is 0 Å². The van der Waals surface area contributed by atoms with Crippen LogP contribution in [0.4, 0.5) is 4.39 Å². The summed E-state index contributed by atoms with van der Waals surface area (Å²) in [6.07, 6.45) is 1.35. The molecule has 0 aliphatic rings. The molecule has 0 saturated carbocycles. The normalized spacial score (nSPS) is 10.3. The fourth-order valence-corrected chi connectivity index (χ4v) is 1.79. The van der Waals surface area contributed by atoms with Gasteiger partial charge in [-0.05, 0) is 30.3 Å². The molecule has 0 unspecified atom stereocenters. The minimum Gasteiger partial charge on any atom is -0.287 e. The fourth-order valence-electron chi connectivity index (χ4n) is 1.32. The highest BCUT2D eigenvalue weighted by molar-refractivity contribution is 9.10. The van der Waals surface area contributed by atoms with Crippen molar-refractivity contribution in [3.8, 4) is 0 Å². The predicted octanol–water partition coefficient (Wildman–Crippen LogP) is 3.87. The molecule has 0 spiro atoms. The third kappa shape index (κ3) is 2.70. The second-order valence-electron chi connectivity index (χ2n) is 3.31. The molecule has 2 nitrogen and oxygen atoms in total. The lowest BCUT2D eigenvalue weighted by Gasteiger charge is -2.02. The molecular weight excluding hydrogens is 308 g/mol. The molecule has 0 radical (unpaired) electrons. The summed E-state index contributed by atoms with van der Waals surface area (Å²) < 4.78 is 14.1. The summed E-state index contributed by atoms with van der Waals surface area (Å²) in [4.78, 5) is 15.8. The summed E-state index contributed by atoms with van der Waals surface area (Å²) in [5.41, 5.74) is 0.139. The molecule has 0 saturated heterocycles. The standard InChI is InChI=1S/C12H6BrClFNO/c13-7-1-3-10(15)9(5-7)12(17)11-4-2-8(14)6-16-11/h1-6H. The molecule has 1 aromatic carbocycles. The van der Waals surface area contributed by atoms with Crippen molar-refractivity contribution in [2.45, 2.75) is 0 Å². The molecule has 0 N–H and O–H groups in total. The van der Waals surface area contributed by atoms with Crippen LogP contribution in [0.25, 0.3) is 0 Å². The van der Waals surface area contributed by atoms with Gasteiger partial charge in [-0.25, -0.2) is 4.39 Å². The maximum atomic E-state index is 13.5. The largest absolute Gasteiger partial charge is 0.287 e. The zero-order valence-corrected chi connectivity index (χ0v) is 10.8. The number of nitrogens with zero attached hydrogens (tertiary/aromatic N) is 1. The molecule has 0 fully saturated rings. The molecule has 17 heavy (non-hydrogen) atoms. The van der Waals surface area contributed by atoms with Crippen molar-refractivity contribution < 1.29 is 9.18 Å². The van der Waals surface area contributed by atoms with Crippen LogP contribution in [0.15, 0.2) is 41.0 Å². The third-order valence-corrected chi connectivity index (χ3v) is 2.85. The second-order valence-corrected chi connectivity index (χ2v) is 4.67. The molecule has 1 heterocycles. The van der Waals surface area contributed by atoms with Gasteiger partial charge in [0.15, 0.2) is 0 Å². The van der Waals surface area contributed by atoms with E-state index in [1.165, 1.54) is 36.5 Å². The molecule has 2 rings (SSSR count). The quantitative estimate of drug-likeness (QED) is 0.788. The van der Waals surface area contributed by atoms with Gasteiger partial charge in [0.25, 0.3) is 0 Å². The smallest absolute Gasteiger partial charge is 0.214 e. The van der Waals surface area contributed by atoms with Crippen LogP contribution in [0, 0.1) is 5.82 Å². The van der Waals surface area contributed by atoms with Gasteiger partial charge in [-0.1, -0.05) is 27.5 Å². The van der Waals surface area contributed by atoms with Crippen LogP contribution in [-0.2, 0) is 0 Å². The molecule has 0 amide bonds. The maximum absolute atomic E-state index is 13.5. The van der Waals surface area contributed by atoms with Crippen LogP contribution in [0.1, 0.15) is 16.1 Å². The van der Waals surface area contributed by atoms with Gasteiger partial charge in [0.05, 0.1) is 10.6 Å². The average molecular weight is 315 g/mol. The number of hydrogen-bond donors (Lipinski definition) is 0. The van der Waals surface area contributed by atoms with Crippen LogP contribution < -0.4 is 0 Å². The second kappa shape index (κ2) is 4.94. The van der Waals surface area contributed by atoms with E-state index in [1.54, 1.807) is 0 Å². The SMILES string of the molecule is O=C(c1ccc(Cl)cn1)c1cc(Br)ccc1F. The minimum absolute atomic E-state index is 0.0193. The number of carbonyl (C=O) groups excluding carboxylic acids is 1. The van der Waals surface area contributed by atoms with Gasteiger partial charge in [-0.15, -0.1) is 0 Å². The number of pyridine rings is 1. The van der Waals surface area contributed by atoms with E-state index in [1.807, 2.05) is 0 Å². The summed E-state index contributed by atoms with van der Waals surface area (Å²) in [5.74, 6) is -1.05. The molecule has 86 valence electrons. The molecule has 5 heteroatoms. The van der Waals surface area contributed by atoms with E-state index in [9.17, 15) is 9.18 Å². The first-order valence-electron chi connectivity index (χ1n) is 4.69. The summed E-state index contributed by atoms with van der Waals surface area (Å²) in [5, 5.41) is 0.427. The highest BCUT2D eigenvalue weighted by atomic mass is 79.9. The van der Waals surface area contributed by atoms with Crippen molar-refractivity contribution in [1.29, 1.82) is 0 Å². The number of aromatic nitrogens is 1. The van der Waals surface area contributed by atoms with Gasteiger partial charge in [0.2, 0.25) is 5.78 Å². The Kier molecular flexibility index (Phi) is 3.54. The Morgan fingerprint density at radius 2 is 2.06 bits per heavy atom. The first-order chi connectivity index (χ1) is 8.08. The molecular formula is C12H6BrClFNO. The molecule has 0 bridgehead atoms. The van der Waals surface area contributed by atoms with Crippen molar-refractivity contribution >= 4 is 33.3 Å². The Bertz CT molecular complexity index is 571. The van der Waals surface area contributed by atoms with Gasteiger partial charge < -0.3 is 0 Å². The highest BCUT2D eigenvalue weighted by Crippen LogP contribution is 2.18. The fraction of sp³-hybridized carbons (Fsp3) is 0. The van der Waals surface area contributed by atoms with Crippen molar-refractivity contribution in [1.82, 2.24) is 4.98 Å². The number of benzene rings is 1. The van der Waals surface area contributed by atoms with Crippen LogP contribution in [0.5, 0.6) is 0 Å². The van der Waals surface area contributed by atoms with Crippen LogP contribution in [0.2, 0.25) is 5.02 Å². The summed E-state index contributed by atoms with van der Waals surface area (Å²) in [6.45, 7) is 0. The first kappa shape index (κ1) is 12.2.